The summed E-state index contributed by atoms with van der Waals surface area (Å²) in [7, 11) is 0. The van der Waals surface area contributed by atoms with Crippen LogP contribution >= 0.6 is 0 Å². The molecule has 0 fully saturated rings. The number of rotatable bonds is 5. The minimum absolute atomic E-state index is 0.226. The van der Waals surface area contributed by atoms with Crippen molar-refractivity contribution in [3.63, 3.8) is 0 Å². The molecule has 1 unspecified atom stereocenters. The second-order valence-corrected chi connectivity index (χ2v) is 4.37. The lowest BCUT2D eigenvalue weighted by Crippen LogP contribution is -2.12. The molecule has 1 amide bonds. The van der Waals surface area contributed by atoms with E-state index in [0.717, 1.165) is 0 Å². The molecule has 3 N–H and O–H groups in total. The summed E-state index contributed by atoms with van der Waals surface area (Å²) >= 11 is 0. The Hall–Kier alpha value is -2.27. The first-order chi connectivity index (χ1) is 9.61. The standard InChI is InChI=1S/C15H18N2O3/c1-3-19-13-7-5-4-6-11(13)17-15(18)14-9-8-12(20-14)10(2)16/h4-10H,3,16H2,1-2H3,(H,17,18). The first kappa shape index (κ1) is 14.1. The van der Waals surface area contributed by atoms with E-state index >= 15 is 0 Å². The van der Waals surface area contributed by atoms with E-state index in [0.29, 0.717) is 23.8 Å². The number of nitrogens with two attached hydrogens (primary N) is 1. The van der Waals surface area contributed by atoms with Crippen molar-refractivity contribution in [2.45, 2.75) is 19.9 Å². The monoisotopic (exact) mass is 274 g/mol. The number of carbonyl (C=O) groups is 1. The minimum Gasteiger partial charge on any atom is -0.492 e. The highest BCUT2D eigenvalue weighted by atomic mass is 16.5. The minimum atomic E-state index is -0.330. The molecule has 0 saturated carbocycles. The maximum Gasteiger partial charge on any atom is 0.291 e. The molecule has 0 bridgehead atoms. The van der Waals surface area contributed by atoms with Crippen LogP contribution in [0.5, 0.6) is 5.75 Å². The van der Waals surface area contributed by atoms with Gasteiger partial charge >= 0.3 is 0 Å². The number of hydrogen-bond acceptors (Lipinski definition) is 4. The van der Waals surface area contributed by atoms with Crippen molar-refractivity contribution in [1.82, 2.24) is 0 Å². The highest BCUT2D eigenvalue weighted by Crippen LogP contribution is 2.24. The molecule has 1 heterocycles. The van der Waals surface area contributed by atoms with E-state index in [1.807, 2.05) is 19.1 Å². The fourth-order valence-electron chi connectivity index (χ4n) is 1.75. The molecule has 0 spiro atoms. The Morgan fingerprint density at radius 3 is 2.75 bits per heavy atom. The van der Waals surface area contributed by atoms with Gasteiger partial charge in [-0.25, -0.2) is 0 Å². The Bertz CT molecular complexity index is 590. The molecular formula is C15H18N2O3. The van der Waals surface area contributed by atoms with Crippen molar-refractivity contribution in [3.8, 4) is 5.75 Å². The van der Waals surface area contributed by atoms with Gasteiger partial charge in [0.15, 0.2) is 5.76 Å². The molecule has 20 heavy (non-hydrogen) atoms. The Kier molecular flexibility index (Phi) is 4.42. The molecule has 0 aliphatic heterocycles. The van der Waals surface area contributed by atoms with Gasteiger partial charge in [-0.3, -0.25) is 4.79 Å². The lowest BCUT2D eigenvalue weighted by Gasteiger charge is -2.10. The number of furan rings is 1. The Morgan fingerprint density at radius 1 is 1.35 bits per heavy atom. The molecule has 1 atom stereocenters. The maximum atomic E-state index is 12.1. The van der Waals surface area contributed by atoms with Gasteiger partial charge in [-0.15, -0.1) is 0 Å². The quantitative estimate of drug-likeness (QED) is 0.878. The number of ether oxygens (including phenoxy) is 1. The van der Waals surface area contributed by atoms with E-state index in [-0.39, 0.29) is 17.7 Å². The van der Waals surface area contributed by atoms with Gasteiger partial charge in [-0.1, -0.05) is 12.1 Å². The summed E-state index contributed by atoms with van der Waals surface area (Å²) in [5.41, 5.74) is 6.31. The zero-order valence-corrected chi connectivity index (χ0v) is 11.6. The van der Waals surface area contributed by atoms with Crippen molar-refractivity contribution in [1.29, 1.82) is 0 Å². The van der Waals surface area contributed by atoms with Crippen LogP contribution in [0, 0.1) is 0 Å². The Morgan fingerprint density at radius 2 is 2.10 bits per heavy atom. The molecule has 0 radical (unpaired) electrons. The predicted octanol–water partition coefficient (Wildman–Crippen LogP) is 2.95. The summed E-state index contributed by atoms with van der Waals surface area (Å²) in [4.78, 5) is 12.1. The molecule has 5 nitrogen and oxygen atoms in total. The average molecular weight is 274 g/mol. The molecule has 5 heteroatoms. The molecule has 0 saturated heterocycles. The highest BCUT2D eigenvalue weighted by Gasteiger charge is 2.14. The topological polar surface area (TPSA) is 77.5 Å². The second-order valence-electron chi connectivity index (χ2n) is 4.37. The Balaban J connectivity index is 2.14. The Labute approximate surface area is 117 Å². The predicted molar refractivity (Wildman–Crippen MR) is 76.9 cm³/mol. The second kappa shape index (κ2) is 6.25. The van der Waals surface area contributed by atoms with Crippen LogP contribution in [0.1, 0.15) is 36.2 Å². The van der Waals surface area contributed by atoms with Crippen LogP contribution in [0.4, 0.5) is 5.69 Å². The van der Waals surface area contributed by atoms with Crippen molar-refractivity contribution >= 4 is 11.6 Å². The molecule has 106 valence electrons. The summed E-state index contributed by atoms with van der Waals surface area (Å²) in [5, 5.41) is 2.77. The third-order valence-electron chi connectivity index (χ3n) is 2.73. The first-order valence-electron chi connectivity index (χ1n) is 6.50. The van der Waals surface area contributed by atoms with Crippen LogP contribution in [0.2, 0.25) is 0 Å². The van der Waals surface area contributed by atoms with E-state index in [1.165, 1.54) is 0 Å². The summed E-state index contributed by atoms with van der Waals surface area (Å²) in [6, 6.07) is 10.3. The van der Waals surface area contributed by atoms with Crippen molar-refractivity contribution in [2.24, 2.45) is 5.73 Å². The number of hydrogen-bond donors (Lipinski definition) is 2. The van der Waals surface area contributed by atoms with E-state index in [2.05, 4.69) is 5.32 Å². The van der Waals surface area contributed by atoms with Crippen LogP contribution in [0.25, 0.3) is 0 Å². The number of carbonyl (C=O) groups excluding carboxylic acids is 1. The number of benzene rings is 1. The summed E-state index contributed by atoms with van der Waals surface area (Å²) < 4.78 is 10.9. The van der Waals surface area contributed by atoms with E-state index in [9.17, 15) is 4.79 Å². The molecule has 0 aliphatic rings. The van der Waals surface area contributed by atoms with Gasteiger partial charge in [0.2, 0.25) is 0 Å². The largest absolute Gasteiger partial charge is 0.492 e. The molecule has 1 aromatic heterocycles. The zero-order valence-electron chi connectivity index (χ0n) is 11.6. The summed E-state index contributed by atoms with van der Waals surface area (Å²) in [5.74, 6) is 1.10. The van der Waals surface area contributed by atoms with Crippen LogP contribution < -0.4 is 15.8 Å². The SMILES string of the molecule is CCOc1ccccc1NC(=O)c1ccc(C(C)N)o1. The van der Waals surface area contributed by atoms with Crippen molar-refractivity contribution in [3.05, 3.63) is 47.9 Å². The smallest absolute Gasteiger partial charge is 0.291 e. The van der Waals surface area contributed by atoms with Crippen molar-refractivity contribution in [2.75, 3.05) is 11.9 Å². The summed E-state index contributed by atoms with van der Waals surface area (Å²) in [6.07, 6.45) is 0. The molecular weight excluding hydrogens is 256 g/mol. The van der Waals surface area contributed by atoms with Crippen LogP contribution in [-0.4, -0.2) is 12.5 Å². The van der Waals surface area contributed by atoms with Gasteiger partial charge in [-0.2, -0.15) is 0 Å². The molecule has 0 aliphatic carbocycles. The van der Waals surface area contributed by atoms with Gasteiger partial charge in [0.25, 0.3) is 5.91 Å². The third-order valence-corrected chi connectivity index (χ3v) is 2.73. The fourth-order valence-corrected chi connectivity index (χ4v) is 1.75. The average Bonchev–Trinajstić information content (AvgIpc) is 2.91. The van der Waals surface area contributed by atoms with Gasteiger partial charge in [-0.05, 0) is 38.1 Å². The molecule has 2 aromatic rings. The van der Waals surface area contributed by atoms with Crippen LogP contribution in [0.15, 0.2) is 40.8 Å². The highest BCUT2D eigenvalue weighted by molar-refractivity contribution is 6.03. The third kappa shape index (κ3) is 3.19. The van der Waals surface area contributed by atoms with E-state index in [4.69, 9.17) is 14.9 Å². The molecule has 2 rings (SSSR count). The lowest BCUT2D eigenvalue weighted by atomic mass is 10.2. The van der Waals surface area contributed by atoms with E-state index in [1.54, 1.807) is 31.2 Å². The summed E-state index contributed by atoms with van der Waals surface area (Å²) in [6.45, 7) is 4.22. The zero-order chi connectivity index (χ0) is 14.5. The maximum absolute atomic E-state index is 12.1. The number of amides is 1. The fraction of sp³-hybridized carbons (Fsp3) is 0.267. The van der Waals surface area contributed by atoms with Gasteiger partial charge in [0.1, 0.15) is 11.5 Å². The normalized spacial score (nSPS) is 11.9. The van der Waals surface area contributed by atoms with Crippen LogP contribution in [0.3, 0.4) is 0 Å². The molecule has 1 aromatic carbocycles. The van der Waals surface area contributed by atoms with Crippen LogP contribution in [-0.2, 0) is 0 Å². The van der Waals surface area contributed by atoms with Gasteiger partial charge in [0.05, 0.1) is 18.3 Å². The number of nitrogens with one attached hydrogen (secondary N) is 1. The van der Waals surface area contributed by atoms with E-state index < -0.39 is 0 Å². The van der Waals surface area contributed by atoms with Gasteiger partial charge < -0.3 is 20.2 Å². The van der Waals surface area contributed by atoms with Crippen molar-refractivity contribution < 1.29 is 13.9 Å². The number of anilines is 1. The number of para-hydroxylation sites is 2. The van der Waals surface area contributed by atoms with Gasteiger partial charge in [0, 0.05) is 0 Å². The lowest BCUT2D eigenvalue weighted by molar-refractivity contribution is 0.0994. The first-order valence-corrected chi connectivity index (χ1v) is 6.50.